The molecule has 0 N–H and O–H groups in total. The molecule has 2 atom stereocenters. The Balaban J connectivity index is 4.19. The van der Waals surface area contributed by atoms with Gasteiger partial charge in [0.2, 0.25) is 0 Å². The molecule has 0 aliphatic rings. The Bertz CT molecular complexity index is 232. The Labute approximate surface area is 161 Å². The lowest BCUT2D eigenvalue weighted by molar-refractivity contribution is 0.372. The van der Waals surface area contributed by atoms with Gasteiger partial charge in [0.15, 0.2) is 0 Å². The second-order valence-corrected chi connectivity index (χ2v) is 8.40. The molecule has 2 unspecified atom stereocenters. The molecule has 0 aromatic rings. The molecule has 151 valence electrons. The quantitative estimate of drug-likeness (QED) is 0.191. The molecule has 0 rings (SSSR count). The monoisotopic (exact) mass is 351 g/mol. The lowest BCUT2D eigenvalue weighted by Crippen LogP contribution is -2.11. The van der Waals surface area contributed by atoms with Crippen molar-refractivity contribution in [3.63, 3.8) is 0 Å². The molecule has 0 aromatic heterocycles. The Hall–Kier alpha value is 0. The second-order valence-electron chi connectivity index (χ2n) is 8.40. The molecule has 0 aliphatic carbocycles. The van der Waals surface area contributed by atoms with E-state index in [1.807, 2.05) is 0 Å². The van der Waals surface area contributed by atoms with Gasteiger partial charge in [-0.15, -0.1) is 0 Å². The summed E-state index contributed by atoms with van der Waals surface area (Å²) in [7, 11) is 0. The van der Waals surface area contributed by atoms with Gasteiger partial charge >= 0.3 is 0 Å². The van der Waals surface area contributed by atoms with Crippen LogP contribution in [0.15, 0.2) is 0 Å². The van der Waals surface area contributed by atoms with Crippen molar-refractivity contribution in [3.8, 4) is 0 Å². The molecule has 0 saturated heterocycles. The van der Waals surface area contributed by atoms with Gasteiger partial charge in [0.1, 0.15) is 0 Å². The maximum Gasteiger partial charge on any atom is -0.0324 e. The maximum atomic E-state index is 2.82. The van der Waals surface area contributed by atoms with Crippen molar-refractivity contribution in [1.29, 1.82) is 0 Å². The van der Waals surface area contributed by atoms with E-state index in [4.69, 9.17) is 0 Å². The van der Waals surface area contributed by atoms with Crippen LogP contribution in [0.2, 0.25) is 0 Å². The Kier molecular flexibility index (Phi) is 20.3. The summed E-state index contributed by atoms with van der Waals surface area (Å²) < 4.78 is 0. The first-order valence-electron chi connectivity index (χ1n) is 12.1. The molecule has 25 heavy (non-hydrogen) atoms. The standard InChI is InChI=1S/C25H51/c1-5-9-12-14-17-21-24(19-8-4)23-25(20-16-11-7-3)22-18-15-13-10-6-2/h23-25H,5-22H2,1-4H3. The molecule has 0 aliphatic heterocycles. The van der Waals surface area contributed by atoms with Crippen LogP contribution in [0.4, 0.5) is 0 Å². The van der Waals surface area contributed by atoms with Crippen molar-refractivity contribution in [1.82, 2.24) is 0 Å². The van der Waals surface area contributed by atoms with E-state index >= 15 is 0 Å². The number of unbranched alkanes of at least 4 members (excludes halogenated alkanes) is 10. The lowest BCUT2D eigenvalue weighted by atomic mass is 9.82. The first-order chi connectivity index (χ1) is 12.3. The molecular weight excluding hydrogens is 300 g/mol. The highest BCUT2D eigenvalue weighted by Crippen LogP contribution is 2.29. The molecule has 0 fully saturated rings. The fraction of sp³-hybridized carbons (Fsp3) is 0.960. The third-order valence-electron chi connectivity index (χ3n) is 5.74. The van der Waals surface area contributed by atoms with Gasteiger partial charge in [0.05, 0.1) is 0 Å². The van der Waals surface area contributed by atoms with Gasteiger partial charge in [0, 0.05) is 0 Å². The second kappa shape index (κ2) is 20.3. The predicted molar refractivity (Wildman–Crippen MR) is 117 cm³/mol. The van der Waals surface area contributed by atoms with Gasteiger partial charge in [-0.2, -0.15) is 0 Å². The highest BCUT2D eigenvalue weighted by Gasteiger charge is 2.16. The molecule has 0 amide bonds. The van der Waals surface area contributed by atoms with Crippen molar-refractivity contribution < 1.29 is 0 Å². The molecule has 0 spiro atoms. The topological polar surface area (TPSA) is 0 Å². The van der Waals surface area contributed by atoms with E-state index < -0.39 is 0 Å². The molecule has 0 aromatic carbocycles. The Morgan fingerprint density at radius 1 is 0.400 bits per heavy atom. The van der Waals surface area contributed by atoms with Crippen LogP contribution in [-0.4, -0.2) is 0 Å². The van der Waals surface area contributed by atoms with Crippen LogP contribution >= 0.6 is 0 Å². The summed E-state index contributed by atoms with van der Waals surface area (Å²) in [5, 5.41) is 0. The predicted octanol–water partition coefficient (Wildman–Crippen LogP) is 9.52. The summed E-state index contributed by atoms with van der Waals surface area (Å²) in [6.45, 7) is 9.33. The smallest absolute Gasteiger partial charge is 0.0324 e. The summed E-state index contributed by atoms with van der Waals surface area (Å²) in [5.74, 6) is 1.80. The molecular formula is C25H51. The molecule has 0 saturated carbocycles. The first-order valence-corrected chi connectivity index (χ1v) is 12.1. The summed E-state index contributed by atoms with van der Waals surface area (Å²) in [4.78, 5) is 0. The largest absolute Gasteiger partial charge is 0.0654 e. The van der Waals surface area contributed by atoms with Gasteiger partial charge in [0.25, 0.3) is 0 Å². The number of rotatable bonds is 20. The van der Waals surface area contributed by atoms with E-state index in [1.54, 1.807) is 0 Å². The van der Waals surface area contributed by atoms with E-state index in [1.165, 1.54) is 116 Å². The van der Waals surface area contributed by atoms with Crippen LogP contribution in [-0.2, 0) is 0 Å². The van der Waals surface area contributed by atoms with Crippen LogP contribution in [0.5, 0.6) is 0 Å². The average Bonchev–Trinajstić information content (AvgIpc) is 2.61. The van der Waals surface area contributed by atoms with E-state index in [-0.39, 0.29) is 0 Å². The first kappa shape index (κ1) is 25.0. The van der Waals surface area contributed by atoms with Gasteiger partial charge < -0.3 is 0 Å². The molecule has 0 bridgehead atoms. The Morgan fingerprint density at radius 2 is 0.760 bits per heavy atom. The van der Waals surface area contributed by atoms with Crippen LogP contribution < -0.4 is 0 Å². The van der Waals surface area contributed by atoms with Gasteiger partial charge in [-0.3, -0.25) is 0 Å². The van der Waals surface area contributed by atoms with Crippen LogP contribution in [0.1, 0.15) is 143 Å². The average molecular weight is 352 g/mol. The molecule has 1 radical (unpaired) electrons. The van der Waals surface area contributed by atoms with Crippen LogP contribution in [0, 0.1) is 18.3 Å². The van der Waals surface area contributed by atoms with Crippen LogP contribution in [0.25, 0.3) is 0 Å². The van der Waals surface area contributed by atoms with Crippen LogP contribution in [0.3, 0.4) is 0 Å². The minimum Gasteiger partial charge on any atom is -0.0654 e. The molecule has 0 heterocycles. The Morgan fingerprint density at radius 3 is 1.20 bits per heavy atom. The number of hydrogen-bond donors (Lipinski definition) is 0. The van der Waals surface area contributed by atoms with E-state index in [0.717, 1.165) is 11.8 Å². The van der Waals surface area contributed by atoms with E-state index in [2.05, 4.69) is 34.1 Å². The van der Waals surface area contributed by atoms with Gasteiger partial charge in [-0.1, -0.05) is 143 Å². The van der Waals surface area contributed by atoms with Crippen molar-refractivity contribution in [2.45, 2.75) is 143 Å². The fourth-order valence-corrected chi connectivity index (χ4v) is 4.11. The number of hydrogen-bond acceptors (Lipinski definition) is 0. The molecule has 0 heteroatoms. The van der Waals surface area contributed by atoms with E-state index in [9.17, 15) is 0 Å². The molecule has 0 nitrogen and oxygen atoms in total. The normalized spacial score (nSPS) is 13.9. The zero-order chi connectivity index (χ0) is 18.6. The van der Waals surface area contributed by atoms with Gasteiger partial charge in [-0.05, 0) is 18.3 Å². The van der Waals surface area contributed by atoms with Crippen molar-refractivity contribution in [3.05, 3.63) is 6.42 Å². The van der Waals surface area contributed by atoms with Crippen molar-refractivity contribution >= 4 is 0 Å². The summed E-state index contributed by atoms with van der Waals surface area (Å²) in [6.07, 6.45) is 28.5. The summed E-state index contributed by atoms with van der Waals surface area (Å²) in [6, 6.07) is 0. The third kappa shape index (κ3) is 17.2. The minimum absolute atomic E-state index is 0.897. The summed E-state index contributed by atoms with van der Waals surface area (Å²) in [5.41, 5.74) is 0. The maximum absolute atomic E-state index is 2.82. The van der Waals surface area contributed by atoms with E-state index in [0.29, 0.717) is 0 Å². The van der Waals surface area contributed by atoms with Crippen molar-refractivity contribution in [2.24, 2.45) is 11.8 Å². The highest BCUT2D eigenvalue weighted by atomic mass is 14.2. The SMILES string of the molecule is CCCCCCCC([CH]C(CCCCC)CCCCCCC)CCC. The minimum atomic E-state index is 0.897. The van der Waals surface area contributed by atoms with Crippen molar-refractivity contribution in [2.75, 3.05) is 0 Å². The van der Waals surface area contributed by atoms with Gasteiger partial charge in [-0.25, -0.2) is 0 Å². The summed E-state index contributed by atoms with van der Waals surface area (Å²) >= 11 is 0. The third-order valence-corrected chi connectivity index (χ3v) is 5.74. The fourth-order valence-electron chi connectivity index (χ4n) is 4.11. The lowest BCUT2D eigenvalue weighted by Gasteiger charge is -2.23. The zero-order valence-electron chi connectivity index (χ0n) is 18.5. The highest BCUT2D eigenvalue weighted by molar-refractivity contribution is 4.84. The zero-order valence-corrected chi connectivity index (χ0v) is 18.5.